The van der Waals surface area contributed by atoms with Crippen LogP contribution in [0, 0.1) is 5.95 Å². The molecule has 0 saturated carbocycles. The van der Waals surface area contributed by atoms with Gasteiger partial charge >= 0.3 is 6.18 Å². The van der Waals surface area contributed by atoms with E-state index >= 15 is 0 Å². The van der Waals surface area contributed by atoms with E-state index in [4.69, 9.17) is 0 Å². The van der Waals surface area contributed by atoms with Crippen LogP contribution in [0.3, 0.4) is 0 Å². The summed E-state index contributed by atoms with van der Waals surface area (Å²) < 4.78 is 77.8. The smallest absolute Gasteiger partial charge is 0.346 e. The molecule has 4 heterocycles. The zero-order valence-corrected chi connectivity index (χ0v) is 18.6. The molecule has 4 aromatic heterocycles. The first kappa shape index (κ1) is 23.6. The van der Waals surface area contributed by atoms with Gasteiger partial charge in [0, 0.05) is 35.5 Å². The van der Waals surface area contributed by atoms with Crippen LogP contribution in [0.4, 0.5) is 23.2 Å². The molecule has 34 heavy (non-hydrogen) atoms. The van der Waals surface area contributed by atoms with Crippen molar-refractivity contribution in [3.63, 3.8) is 0 Å². The number of rotatable bonds is 7. The first-order valence-electron chi connectivity index (χ1n) is 10.1. The van der Waals surface area contributed by atoms with Gasteiger partial charge in [-0.3, -0.25) is 9.71 Å². The molecule has 0 fully saturated rings. The Labute approximate surface area is 192 Å². The molecule has 0 unspecified atom stereocenters. The van der Waals surface area contributed by atoms with Crippen molar-refractivity contribution in [2.75, 3.05) is 11.0 Å². The van der Waals surface area contributed by atoms with Gasteiger partial charge in [0.05, 0.1) is 18.1 Å². The molecule has 0 spiro atoms. The molecule has 0 saturated heterocycles. The number of hydrogen-bond donors (Lipinski definition) is 2. The normalized spacial score (nSPS) is 12.3. The van der Waals surface area contributed by atoms with Crippen LogP contribution in [0.1, 0.15) is 28.1 Å². The zero-order valence-electron chi connectivity index (χ0n) is 17.8. The van der Waals surface area contributed by atoms with Crippen LogP contribution in [0.25, 0.3) is 11.0 Å². The summed E-state index contributed by atoms with van der Waals surface area (Å²) in [5.74, 6) is -0.657. The van der Waals surface area contributed by atoms with Gasteiger partial charge in [0.25, 0.3) is 0 Å². The summed E-state index contributed by atoms with van der Waals surface area (Å²) in [6.45, 7) is 0. The highest BCUT2D eigenvalue weighted by Crippen LogP contribution is 2.27. The van der Waals surface area contributed by atoms with Crippen molar-refractivity contribution < 1.29 is 26.0 Å². The van der Waals surface area contributed by atoms with Gasteiger partial charge < -0.3 is 4.98 Å². The van der Waals surface area contributed by atoms with Crippen LogP contribution in [-0.4, -0.2) is 34.6 Å². The van der Waals surface area contributed by atoms with Crippen molar-refractivity contribution in [3.8, 4) is 0 Å². The quantitative estimate of drug-likeness (QED) is 0.296. The molecular weight excluding hydrogens is 474 g/mol. The molecule has 0 aromatic carbocycles. The lowest BCUT2D eigenvalue weighted by atomic mass is 10.0. The lowest BCUT2D eigenvalue weighted by Crippen LogP contribution is -2.09. The van der Waals surface area contributed by atoms with Gasteiger partial charge in [0.1, 0.15) is 11.3 Å². The highest BCUT2D eigenvalue weighted by molar-refractivity contribution is 7.92. The lowest BCUT2D eigenvalue weighted by molar-refractivity contribution is -0.141. The number of nitrogens with zero attached hydrogens (tertiary/aromatic N) is 3. The Balaban J connectivity index is 1.46. The van der Waals surface area contributed by atoms with E-state index < -0.39 is 27.8 Å². The number of halogens is 4. The van der Waals surface area contributed by atoms with E-state index in [-0.39, 0.29) is 6.42 Å². The van der Waals surface area contributed by atoms with Gasteiger partial charge in [0.15, 0.2) is 0 Å². The Hall–Kier alpha value is -3.54. The fraction of sp³-hybridized carbons (Fsp3) is 0.227. The molecule has 0 aliphatic carbocycles. The molecule has 0 atom stereocenters. The average molecular weight is 493 g/mol. The monoisotopic (exact) mass is 493 g/mol. The van der Waals surface area contributed by atoms with E-state index in [9.17, 15) is 26.0 Å². The van der Waals surface area contributed by atoms with Crippen LogP contribution < -0.4 is 4.72 Å². The molecule has 2 N–H and O–H groups in total. The first-order valence-corrected chi connectivity index (χ1v) is 12.0. The van der Waals surface area contributed by atoms with E-state index in [1.807, 2.05) is 0 Å². The van der Waals surface area contributed by atoms with E-state index in [1.165, 1.54) is 12.3 Å². The number of nitrogens with one attached hydrogen (secondary N) is 2. The Morgan fingerprint density at radius 3 is 2.47 bits per heavy atom. The summed E-state index contributed by atoms with van der Waals surface area (Å²) in [5, 5.41) is 0.645. The number of alkyl halides is 3. The van der Waals surface area contributed by atoms with Gasteiger partial charge in [-0.15, -0.1) is 0 Å². The summed E-state index contributed by atoms with van der Waals surface area (Å²) in [5.41, 5.74) is 1.96. The Kier molecular flexibility index (Phi) is 6.26. The second kappa shape index (κ2) is 9.01. The number of pyridine rings is 3. The van der Waals surface area contributed by atoms with Gasteiger partial charge in [-0.05, 0) is 42.2 Å². The number of H-pyrrole nitrogens is 1. The topological polar surface area (TPSA) is 101 Å². The third kappa shape index (κ3) is 5.68. The SMILES string of the molecule is CS(=O)(=O)Nc1cnc2[nH]cc(Cc3ccc(CCc4ccc(C(F)(F)F)nc4)nc3F)c2c1. The molecule has 0 aliphatic rings. The number of aromatic nitrogens is 4. The van der Waals surface area contributed by atoms with Crippen molar-refractivity contribution >= 4 is 26.7 Å². The second-order valence-corrected chi connectivity index (χ2v) is 9.54. The van der Waals surface area contributed by atoms with Gasteiger partial charge in [0.2, 0.25) is 16.0 Å². The first-order chi connectivity index (χ1) is 16.0. The molecule has 4 rings (SSSR count). The second-order valence-electron chi connectivity index (χ2n) is 7.79. The largest absolute Gasteiger partial charge is 0.433 e. The molecule has 0 radical (unpaired) electrons. The highest BCUT2D eigenvalue weighted by Gasteiger charge is 2.31. The minimum absolute atomic E-state index is 0.200. The molecule has 178 valence electrons. The number of sulfonamides is 1. The standard InChI is InChI=1S/C22H19F4N5O2S/c1-34(32,33)31-17-9-18-15(11-28-21(18)29-12-17)8-14-4-6-16(30-20(14)23)5-2-13-3-7-19(27-10-13)22(24,25)26/h3-4,6-7,9-12,31H,2,5,8H2,1H3,(H,28,29). The van der Waals surface area contributed by atoms with E-state index in [0.29, 0.717) is 51.9 Å². The summed E-state index contributed by atoms with van der Waals surface area (Å²) in [6.07, 6.45) is 1.65. The van der Waals surface area contributed by atoms with Gasteiger partial charge in [-0.1, -0.05) is 12.1 Å². The third-order valence-corrected chi connectivity index (χ3v) is 5.68. The van der Waals surface area contributed by atoms with Crippen LogP contribution in [0.2, 0.25) is 0 Å². The minimum atomic E-state index is -4.49. The predicted molar refractivity (Wildman–Crippen MR) is 118 cm³/mol. The molecule has 12 heteroatoms. The van der Waals surface area contributed by atoms with Gasteiger partial charge in [-0.2, -0.15) is 17.6 Å². The Morgan fingerprint density at radius 2 is 1.82 bits per heavy atom. The van der Waals surface area contributed by atoms with E-state index in [0.717, 1.165) is 18.5 Å². The lowest BCUT2D eigenvalue weighted by Gasteiger charge is -2.08. The zero-order chi connectivity index (χ0) is 24.5. The van der Waals surface area contributed by atoms with Crippen LogP contribution >= 0.6 is 0 Å². The summed E-state index contributed by atoms with van der Waals surface area (Å²) in [6, 6.07) is 7.15. The Bertz CT molecular complexity index is 1430. The molecule has 0 amide bonds. The van der Waals surface area contributed by atoms with Crippen molar-refractivity contribution in [2.24, 2.45) is 0 Å². The molecule has 0 bridgehead atoms. The summed E-state index contributed by atoms with van der Waals surface area (Å²) in [4.78, 5) is 14.6. The van der Waals surface area contributed by atoms with Crippen molar-refractivity contribution in [1.82, 2.24) is 19.9 Å². The maximum absolute atomic E-state index is 14.7. The van der Waals surface area contributed by atoms with Crippen LogP contribution in [0.15, 0.2) is 48.9 Å². The number of hydrogen-bond acceptors (Lipinski definition) is 5. The molecule has 7 nitrogen and oxygen atoms in total. The summed E-state index contributed by atoms with van der Waals surface area (Å²) in [7, 11) is -3.47. The number of fused-ring (bicyclic) bond motifs is 1. The van der Waals surface area contributed by atoms with Crippen molar-refractivity contribution in [3.05, 3.63) is 82.9 Å². The van der Waals surface area contributed by atoms with E-state index in [1.54, 1.807) is 24.4 Å². The molecule has 4 aromatic rings. The van der Waals surface area contributed by atoms with Crippen molar-refractivity contribution in [2.45, 2.75) is 25.4 Å². The molecule has 0 aliphatic heterocycles. The number of anilines is 1. The fourth-order valence-electron chi connectivity index (χ4n) is 3.46. The molecular formula is C22H19F4N5O2S. The Morgan fingerprint density at radius 1 is 1.03 bits per heavy atom. The van der Waals surface area contributed by atoms with Crippen molar-refractivity contribution in [1.29, 1.82) is 0 Å². The van der Waals surface area contributed by atoms with Crippen LogP contribution in [-0.2, 0) is 35.5 Å². The number of aromatic amines is 1. The fourth-order valence-corrected chi connectivity index (χ4v) is 4.00. The predicted octanol–water partition coefficient (Wildman–Crippen LogP) is 4.26. The minimum Gasteiger partial charge on any atom is -0.346 e. The van der Waals surface area contributed by atoms with Crippen LogP contribution in [0.5, 0.6) is 0 Å². The highest BCUT2D eigenvalue weighted by atomic mass is 32.2. The summed E-state index contributed by atoms with van der Waals surface area (Å²) >= 11 is 0. The maximum atomic E-state index is 14.7. The third-order valence-electron chi connectivity index (χ3n) is 5.07. The maximum Gasteiger partial charge on any atom is 0.433 e. The number of aryl methyl sites for hydroxylation is 2. The van der Waals surface area contributed by atoms with E-state index in [2.05, 4.69) is 24.7 Å². The van der Waals surface area contributed by atoms with Gasteiger partial charge in [-0.25, -0.2) is 18.4 Å². The average Bonchev–Trinajstić information content (AvgIpc) is 3.14.